The molecule has 3 rings (SSSR count). The number of rotatable bonds is 5. The second-order valence-electron chi connectivity index (χ2n) is 6.57. The number of likely N-dealkylation sites (tertiary alicyclic amines) is 1. The van der Waals surface area contributed by atoms with Gasteiger partial charge in [0.25, 0.3) is 5.91 Å². The average Bonchev–Trinajstić information content (AvgIpc) is 3.16. The monoisotopic (exact) mass is 382 g/mol. The number of carbonyl (C=O) groups is 1. The molecular formula is C21H22N2O3S. The van der Waals surface area contributed by atoms with Gasteiger partial charge in [-0.1, -0.05) is 30.2 Å². The van der Waals surface area contributed by atoms with Gasteiger partial charge in [0, 0.05) is 12.1 Å². The summed E-state index contributed by atoms with van der Waals surface area (Å²) in [6.07, 6.45) is 6.97. The molecule has 0 aliphatic carbocycles. The van der Waals surface area contributed by atoms with Crippen molar-refractivity contribution in [1.29, 1.82) is 0 Å². The summed E-state index contributed by atoms with van der Waals surface area (Å²) in [5.74, 6) is 2.15. The van der Waals surface area contributed by atoms with Crippen LogP contribution in [-0.4, -0.2) is 32.3 Å². The van der Waals surface area contributed by atoms with Crippen LogP contribution in [0.15, 0.2) is 53.4 Å². The van der Waals surface area contributed by atoms with Gasteiger partial charge in [-0.2, -0.15) is 4.72 Å². The van der Waals surface area contributed by atoms with Crippen molar-refractivity contribution < 1.29 is 13.2 Å². The van der Waals surface area contributed by atoms with E-state index in [2.05, 4.69) is 29.7 Å². The summed E-state index contributed by atoms with van der Waals surface area (Å²) in [5.41, 5.74) is 2.82. The first-order valence-corrected chi connectivity index (χ1v) is 10.3. The van der Waals surface area contributed by atoms with E-state index >= 15 is 0 Å². The fraction of sp³-hybridized carbons (Fsp3) is 0.286. The second-order valence-corrected chi connectivity index (χ2v) is 8.33. The molecule has 1 atom stereocenters. The van der Waals surface area contributed by atoms with Gasteiger partial charge in [-0.3, -0.25) is 4.79 Å². The number of nitrogens with zero attached hydrogens (tertiary/aromatic N) is 1. The highest BCUT2D eigenvalue weighted by atomic mass is 32.2. The van der Waals surface area contributed by atoms with E-state index in [1.54, 1.807) is 12.1 Å². The molecule has 5 nitrogen and oxygen atoms in total. The standard InChI is InChI=1S/C21H22N2O3S/c1-3-14-22-27(25,26)18-12-10-17(11-13-18)21(24)23-15-6-9-20(23)19-8-5-4-7-16(19)2/h1,4-5,7-8,10-13,20,22H,6,9,14-15H2,2H3. The SMILES string of the molecule is C#CCNS(=O)(=O)c1ccc(C(=O)N2CCCC2c2ccccc2C)cc1. The molecule has 2 aromatic rings. The zero-order valence-electron chi connectivity index (χ0n) is 15.2. The lowest BCUT2D eigenvalue weighted by Crippen LogP contribution is -2.31. The number of carbonyl (C=O) groups excluding carboxylic acids is 1. The maximum Gasteiger partial charge on any atom is 0.254 e. The number of hydrogen-bond acceptors (Lipinski definition) is 3. The summed E-state index contributed by atoms with van der Waals surface area (Å²) in [6.45, 7) is 2.68. The van der Waals surface area contributed by atoms with Crippen molar-refractivity contribution in [3.63, 3.8) is 0 Å². The minimum Gasteiger partial charge on any atom is -0.332 e. The van der Waals surface area contributed by atoms with Gasteiger partial charge >= 0.3 is 0 Å². The molecule has 0 bridgehead atoms. The minimum atomic E-state index is -3.66. The largest absolute Gasteiger partial charge is 0.332 e. The summed E-state index contributed by atoms with van der Waals surface area (Å²) >= 11 is 0. The van der Waals surface area contributed by atoms with Gasteiger partial charge in [-0.05, 0) is 55.2 Å². The Hall–Kier alpha value is -2.62. The Balaban J connectivity index is 1.81. The fourth-order valence-electron chi connectivity index (χ4n) is 3.46. The number of amides is 1. The van der Waals surface area contributed by atoms with Crippen molar-refractivity contribution in [1.82, 2.24) is 9.62 Å². The van der Waals surface area contributed by atoms with E-state index in [9.17, 15) is 13.2 Å². The molecule has 0 saturated carbocycles. The van der Waals surface area contributed by atoms with Crippen LogP contribution in [0.3, 0.4) is 0 Å². The van der Waals surface area contributed by atoms with Crippen molar-refractivity contribution >= 4 is 15.9 Å². The molecule has 0 radical (unpaired) electrons. The molecule has 1 saturated heterocycles. The number of hydrogen-bond donors (Lipinski definition) is 1. The van der Waals surface area contributed by atoms with Crippen LogP contribution < -0.4 is 4.72 Å². The first kappa shape index (κ1) is 19.2. The number of benzene rings is 2. The molecule has 1 fully saturated rings. The quantitative estimate of drug-likeness (QED) is 0.809. The average molecular weight is 382 g/mol. The Morgan fingerprint density at radius 2 is 1.93 bits per heavy atom. The number of aryl methyl sites for hydroxylation is 1. The van der Waals surface area contributed by atoms with E-state index in [1.165, 1.54) is 23.3 Å². The molecule has 0 spiro atoms. The van der Waals surface area contributed by atoms with Crippen LogP contribution in [0.5, 0.6) is 0 Å². The molecular weight excluding hydrogens is 360 g/mol. The summed E-state index contributed by atoms with van der Waals surface area (Å²) in [6, 6.07) is 14.1. The lowest BCUT2D eigenvalue weighted by molar-refractivity contribution is 0.0735. The Kier molecular flexibility index (Phi) is 5.64. The van der Waals surface area contributed by atoms with E-state index in [0.29, 0.717) is 12.1 Å². The molecule has 140 valence electrons. The maximum absolute atomic E-state index is 13.0. The highest BCUT2D eigenvalue weighted by Gasteiger charge is 2.31. The first-order chi connectivity index (χ1) is 12.9. The van der Waals surface area contributed by atoms with Gasteiger partial charge in [0.15, 0.2) is 0 Å². The zero-order chi connectivity index (χ0) is 19.4. The maximum atomic E-state index is 13.0. The van der Waals surface area contributed by atoms with Crippen LogP contribution in [0, 0.1) is 19.3 Å². The van der Waals surface area contributed by atoms with Crippen molar-refractivity contribution in [2.75, 3.05) is 13.1 Å². The molecule has 1 heterocycles. The predicted octanol–water partition coefficient (Wildman–Crippen LogP) is 2.88. The van der Waals surface area contributed by atoms with Gasteiger partial charge in [-0.25, -0.2) is 8.42 Å². The summed E-state index contributed by atoms with van der Waals surface area (Å²) in [5, 5.41) is 0. The third-order valence-electron chi connectivity index (χ3n) is 4.84. The summed E-state index contributed by atoms with van der Waals surface area (Å²) in [7, 11) is -3.66. The topological polar surface area (TPSA) is 66.5 Å². The Morgan fingerprint density at radius 3 is 2.59 bits per heavy atom. The van der Waals surface area contributed by atoms with Crippen LogP contribution in [-0.2, 0) is 10.0 Å². The van der Waals surface area contributed by atoms with Crippen molar-refractivity contribution in [3.8, 4) is 12.3 Å². The Labute approximate surface area is 160 Å². The van der Waals surface area contributed by atoms with Gasteiger partial charge < -0.3 is 4.90 Å². The lowest BCUT2D eigenvalue weighted by Gasteiger charge is -2.26. The third kappa shape index (κ3) is 4.05. The second kappa shape index (κ2) is 7.95. The summed E-state index contributed by atoms with van der Waals surface area (Å²) in [4.78, 5) is 15.0. The minimum absolute atomic E-state index is 0.0550. The van der Waals surface area contributed by atoms with Crippen LogP contribution in [0.25, 0.3) is 0 Å². The third-order valence-corrected chi connectivity index (χ3v) is 6.25. The van der Waals surface area contributed by atoms with Crippen molar-refractivity contribution in [2.24, 2.45) is 0 Å². The molecule has 1 N–H and O–H groups in total. The molecule has 1 amide bonds. The van der Waals surface area contributed by atoms with Gasteiger partial charge in [0.2, 0.25) is 10.0 Å². The first-order valence-electron chi connectivity index (χ1n) is 8.84. The van der Waals surface area contributed by atoms with E-state index in [1.807, 2.05) is 17.0 Å². The highest BCUT2D eigenvalue weighted by molar-refractivity contribution is 7.89. The number of sulfonamides is 1. The van der Waals surface area contributed by atoms with Crippen LogP contribution in [0.4, 0.5) is 0 Å². The number of terminal acetylenes is 1. The highest BCUT2D eigenvalue weighted by Crippen LogP contribution is 2.34. The predicted molar refractivity (Wildman–Crippen MR) is 105 cm³/mol. The molecule has 6 heteroatoms. The van der Waals surface area contributed by atoms with Crippen molar-refractivity contribution in [3.05, 3.63) is 65.2 Å². The van der Waals surface area contributed by atoms with Crippen molar-refractivity contribution in [2.45, 2.75) is 30.7 Å². The molecule has 2 aromatic carbocycles. The van der Waals surface area contributed by atoms with Crippen LogP contribution in [0.1, 0.15) is 40.4 Å². The molecule has 1 aliphatic rings. The smallest absolute Gasteiger partial charge is 0.254 e. The molecule has 1 unspecified atom stereocenters. The molecule has 27 heavy (non-hydrogen) atoms. The Morgan fingerprint density at radius 1 is 1.22 bits per heavy atom. The molecule has 1 aliphatic heterocycles. The normalized spacial score (nSPS) is 16.9. The zero-order valence-corrected chi connectivity index (χ0v) is 16.0. The van der Waals surface area contributed by atoms with E-state index in [-0.39, 0.29) is 23.4 Å². The van der Waals surface area contributed by atoms with Gasteiger partial charge in [-0.15, -0.1) is 6.42 Å². The molecule has 0 aromatic heterocycles. The van der Waals surface area contributed by atoms with Gasteiger partial charge in [0.05, 0.1) is 17.5 Å². The van der Waals surface area contributed by atoms with E-state index < -0.39 is 10.0 Å². The van der Waals surface area contributed by atoms with Crippen LogP contribution >= 0.6 is 0 Å². The van der Waals surface area contributed by atoms with E-state index in [4.69, 9.17) is 6.42 Å². The fourth-order valence-corrected chi connectivity index (χ4v) is 4.39. The Bertz CT molecular complexity index is 975. The van der Waals surface area contributed by atoms with Crippen LogP contribution in [0.2, 0.25) is 0 Å². The lowest BCUT2D eigenvalue weighted by atomic mass is 9.99. The summed E-state index contributed by atoms with van der Waals surface area (Å²) < 4.78 is 26.5. The van der Waals surface area contributed by atoms with E-state index in [0.717, 1.165) is 12.8 Å². The number of nitrogens with one attached hydrogen (secondary N) is 1. The van der Waals surface area contributed by atoms with Gasteiger partial charge in [0.1, 0.15) is 0 Å².